The Balaban J connectivity index is 1.66. The van der Waals surface area contributed by atoms with E-state index in [4.69, 9.17) is 4.74 Å². The van der Waals surface area contributed by atoms with Crippen LogP contribution in [0.3, 0.4) is 0 Å². The zero-order valence-corrected chi connectivity index (χ0v) is 23.6. The third kappa shape index (κ3) is 4.14. The molecule has 8 heteroatoms. The number of hydrogen-bond acceptors (Lipinski definition) is 5. The average Bonchev–Trinajstić information content (AvgIpc) is 3.20. The third-order valence-corrected chi connectivity index (χ3v) is 9.03. The standard InChI is InChI=1S/C31H41N3O5/c1-5-16-32-17-10-14-30(6-2)23(27(32)36)24-28(37)34(18-7-8-20-35)26-29(38)33(19-11-15-31(24,26)39-30)25-21(3)12-9-13-22(25)4/h9-15,23-24,26,35H,5-8,16-20H2,1-4H3/t23-,24-,26?,30+,31-/m0/s1. The highest BCUT2D eigenvalue weighted by molar-refractivity contribution is 6.06. The van der Waals surface area contributed by atoms with Gasteiger partial charge in [-0.25, -0.2) is 0 Å². The van der Waals surface area contributed by atoms with Gasteiger partial charge in [0.2, 0.25) is 11.8 Å². The van der Waals surface area contributed by atoms with E-state index in [2.05, 4.69) is 0 Å². The lowest BCUT2D eigenvalue weighted by molar-refractivity contribution is -0.150. The molecule has 0 aliphatic carbocycles. The Hall–Kier alpha value is -2.97. The summed E-state index contributed by atoms with van der Waals surface area (Å²) >= 11 is 0. The summed E-state index contributed by atoms with van der Waals surface area (Å²) in [6.45, 7) is 9.78. The van der Waals surface area contributed by atoms with Gasteiger partial charge in [-0.2, -0.15) is 0 Å². The highest BCUT2D eigenvalue weighted by atomic mass is 16.5. The molecule has 0 bridgehead atoms. The van der Waals surface area contributed by atoms with Crippen LogP contribution in [-0.4, -0.2) is 82.7 Å². The summed E-state index contributed by atoms with van der Waals surface area (Å²) in [6, 6.07) is 5.05. The lowest BCUT2D eigenvalue weighted by Gasteiger charge is -2.38. The van der Waals surface area contributed by atoms with Gasteiger partial charge in [0.05, 0.1) is 17.4 Å². The second kappa shape index (κ2) is 10.5. The molecule has 5 rings (SSSR count). The number of hydrogen-bond donors (Lipinski definition) is 1. The van der Waals surface area contributed by atoms with Crippen molar-refractivity contribution >= 4 is 23.4 Å². The molecule has 1 aromatic carbocycles. The molecule has 1 spiro atoms. The molecule has 1 aromatic rings. The normalized spacial score (nSPS) is 31.9. The van der Waals surface area contributed by atoms with Crippen molar-refractivity contribution in [1.82, 2.24) is 9.80 Å². The molecule has 3 amide bonds. The molecular weight excluding hydrogens is 494 g/mol. The minimum Gasteiger partial charge on any atom is -0.396 e. The van der Waals surface area contributed by atoms with Crippen molar-refractivity contribution in [1.29, 1.82) is 0 Å². The van der Waals surface area contributed by atoms with Crippen LogP contribution in [0.15, 0.2) is 42.5 Å². The predicted octanol–water partition coefficient (Wildman–Crippen LogP) is 3.15. The second-order valence-electron chi connectivity index (χ2n) is 11.4. The van der Waals surface area contributed by atoms with Crippen LogP contribution in [0.5, 0.6) is 0 Å². The number of likely N-dealkylation sites (tertiary alicyclic amines) is 1. The van der Waals surface area contributed by atoms with Crippen LogP contribution in [0, 0.1) is 25.7 Å². The summed E-state index contributed by atoms with van der Waals surface area (Å²) in [5.41, 5.74) is 0.591. The number of fused-ring (bicyclic) bond motifs is 2. The van der Waals surface area contributed by atoms with Crippen molar-refractivity contribution in [2.45, 2.75) is 70.6 Å². The van der Waals surface area contributed by atoms with Gasteiger partial charge in [-0.3, -0.25) is 14.4 Å². The maximum atomic E-state index is 14.6. The van der Waals surface area contributed by atoms with E-state index >= 15 is 0 Å². The first kappa shape index (κ1) is 27.6. The Bertz CT molecular complexity index is 1190. The van der Waals surface area contributed by atoms with Crippen molar-refractivity contribution < 1.29 is 24.2 Å². The summed E-state index contributed by atoms with van der Waals surface area (Å²) in [4.78, 5) is 48.4. The topological polar surface area (TPSA) is 90.4 Å². The average molecular weight is 536 g/mol. The predicted molar refractivity (Wildman–Crippen MR) is 149 cm³/mol. The fourth-order valence-electron chi connectivity index (χ4n) is 7.35. The third-order valence-electron chi connectivity index (χ3n) is 9.03. The van der Waals surface area contributed by atoms with Gasteiger partial charge in [0, 0.05) is 38.5 Å². The molecule has 1 unspecified atom stereocenters. The number of amides is 3. The molecule has 4 heterocycles. The van der Waals surface area contributed by atoms with E-state index in [0.717, 1.165) is 23.2 Å². The maximum Gasteiger partial charge on any atom is 0.253 e. The zero-order valence-electron chi connectivity index (χ0n) is 23.6. The van der Waals surface area contributed by atoms with E-state index in [1.54, 1.807) is 9.80 Å². The van der Waals surface area contributed by atoms with Crippen molar-refractivity contribution in [3.05, 3.63) is 53.6 Å². The molecule has 0 saturated carbocycles. The summed E-state index contributed by atoms with van der Waals surface area (Å²) < 4.78 is 7.02. The highest BCUT2D eigenvalue weighted by Crippen LogP contribution is 2.58. The van der Waals surface area contributed by atoms with Crippen LogP contribution in [0.4, 0.5) is 5.69 Å². The Kier molecular flexibility index (Phi) is 7.46. The molecule has 2 saturated heterocycles. The van der Waals surface area contributed by atoms with Gasteiger partial charge in [-0.05, 0) is 50.7 Å². The van der Waals surface area contributed by atoms with Crippen LogP contribution in [-0.2, 0) is 19.1 Å². The van der Waals surface area contributed by atoms with Crippen LogP contribution >= 0.6 is 0 Å². The first-order valence-corrected chi connectivity index (χ1v) is 14.4. The lowest BCUT2D eigenvalue weighted by Crippen LogP contribution is -2.56. The van der Waals surface area contributed by atoms with Gasteiger partial charge in [-0.1, -0.05) is 56.4 Å². The summed E-state index contributed by atoms with van der Waals surface area (Å²) in [6.07, 6.45) is 10.2. The monoisotopic (exact) mass is 535 g/mol. The molecule has 2 fully saturated rings. The molecule has 1 N–H and O–H groups in total. The van der Waals surface area contributed by atoms with Crippen LogP contribution < -0.4 is 4.90 Å². The number of carbonyl (C=O) groups is 3. The molecule has 4 aliphatic heterocycles. The molecule has 8 nitrogen and oxygen atoms in total. The number of ether oxygens (including phenoxy) is 1. The summed E-state index contributed by atoms with van der Waals surface area (Å²) in [5.74, 6) is -1.99. The van der Waals surface area contributed by atoms with Crippen molar-refractivity contribution in [3.8, 4) is 0 Å². The number of rotatable bonds is 8. The van der Waals surface area contributed by atoms with Gasteiger partial charge < -0.3 is 24.5 Å². The number of aryl methyl sites for hydroxylation is 2. The number of para-hydroxylation sites is 1. The van der Waals surface area contributed by atoms with Crippen molar-refractivity contribution in [2.75, 3.05) is 37.7 Å². The van der Waals surface area contributed by atoms with E-state index in [-0.39, 0.29) is 24.3 Å². The molecule has 5 atom stereocenters. The number of aliphatic hydroxyl groups is 1. The second-order valence-corrected chi connectivity index (χ2v) is 11.4. The maximum absolute atomic E-state index is 14.6. The van der Waals surface area contributed by atoms with Gasteiger partial charge in [0.1, 0.15) is 11.6 Å². The van der Waals surface area contributed by atoms with E-state index in [1.807, 2.05) is 75.1 Å². The van der Waals surface area contributed by atoms with E-state index in [9.17, 15) is 19.5 Å². The van der Waals surface area contributed by atoms with Crippen molar-refractivity contribution in [2.24, 2.45) is 11.8 Å². The van der Waals surface area contributed by atoms with Gasteiger partial charge in [0.25, 0.3) is 5.91 Å². The van der Waals surface area contributed by atoms with E-state index in [1.165, 1.54) is 0 Å². The minimum atomic E-state index is -1.26. The number of anilines is 1. The Morgan fingerprint density at radius 1 is 0.923 bits per heavy atom. The highest BCUT2D eigenvalue weighted by Gasteiger charge is 2.75. The molecule has 210 valence electrons. The van der Waals surface area contributed by atoms with Gasteiger partial charge in [0.15, 0.2) is 0 Å². The number of carbonyl (C=O) groups excluding carboxylic acids is 3. The Labute approximate surface area is 231 Å². The lowest BCUT2D eigenvalue weighted by atomic mass is 9.73. The van der Waals surface area contributed by atoms with Gasteiger partial charge in [-0.15, -0.1) is 0 Å². The number of benzene rings is 1. The molecular formula is C31H41N3O5. The van der Waals surface area contributed by atoms with E-state index < -0.39 is 29.1 Å². The summed E-state index contributed by atoms with van der Waals surface area (Å²) in [7, 11) is 0. The number of aliphatic hydroxyl groups excluding tert-OH is 1. The first-order valence-electron chi connectivity index (χ1n) is 14.4. The number of nitrogens with zero attached hydrogens (tertiary/aromatic N) is 3. The molecule has 0 aromatic heterocycles. The summed E-state index contributed by atoms with van der Waals surface area (Å²) in [5, 5.41) is 9.44. The number of unbranched alkanes of at least 4 members (excludes halogenated alkanes) is 1. The van der Waals surface area contributed by atoms with Crippen LogP contribution in [0.25, 0.3) is 0 Å². The molecule has 0 radical (unpaired) electrons. The molecule has 4 aliphatic rings. The largest absolute Gasteiger partial charge is 0.396 e. The first-order chi connectivity index (χ1) is 18.8. The van der Waals surface area contributed by atoms with Crippen molar-refractivity contribution in [3.63, 3.8) is 0 Å². The van der Waals surface area contributed by atoms with Gasteiger partial charge >= 0.3 is 0 Å². The SMILES string of the molecule is CCCN1CC=C[C@@]2(CC)O[C@]34C=CCN(c5c(C)cccc5C)C(=O)C3N(CCCCO)C(=O)[C@@H]4[C@H]2C1=O. The van der Waals surface area contributed by atoms with Crippen LogP contribution in [0.1, 0.15) is 50.7 Å². The minimum absolute atomic E-state index is 0.0109. The fraction of sp³-hybridized carbons (Fsp3) is 0.581. The van der Waals surface area contributed by atoms with E-state index in [0.29, 0.717) is 45.4 Å². The Morgan fingerprint density at radius 3 is 2.31 bits per heavy atom. The quantitative estimate of drug-likeness (QED) is 0.408. The Morgan fingerprint density at radius 2 is 1.64 bits per heavy atom. The van der Waals surface area contributed by atoms with Crippen LogP contribution in [0.2, 0.25) is 0 Å². The fourth-order valence-corrected chi connectivity index (χ4v) is 7.35. The smallest absolute Gasteiger partial charge is 0.253 e. The molecule has 39 heavy (non-hydrogen) atoms. The zero-order chi connectivity index (χ0) is 27.9.